The van der Waals surface area contributed by atoms with Crippen LogP contribution in [-0.4, -0.2) is 10.9 Å². The average Bonchev–Trinajstić information content (AvgIpc) is 3.18. The van der Waals surface area contributed by atoms with Crippen LogP contribution in [0.25, 0.3) is 21.7 Å². The van der Waals surface area contributed by atoms with Crippen LogP contribution in [0.2, 0.25) is 0 Å². The molecule has 132 valence electrons. The molecule has 0 saturated carbocycles. The van der Waals surface area contributed by atoms with Crippen molar-refractivity contribution in [3.8, 4) is 0 Å². The molecule has 0 unspecified atom stereocenters. The zero-order valence-electron chi connectivity index (χ0n) is 14.7. The molecule has 4 aromatic rings. The Kier molecular flexibility index (Phi) is 3.57. The maximum Gasteiger partial charge on any atom is 0.255 e. The predicted molar refractivity (Wildman–Crippen MR) is 108 cm³/mol. The van der Waals surface area contributed by atoms with Crippen molar-refractivity contribution in [1.29, 1.82) is 0 Å². The summed E-state index contributed by atoms with van der Waals surface area (Å²) in [5.41, 5.74) is 4.12. The van der Waals surface area contributed by atoms with Gasteiger partial charge in [-0.3, -0.25) is 9.59 Å². The van der Waals surface area contributed by atoms with Crippen LogP contribution in [0, 0.1) is 0 Å². The highest BCUT2D eigenvalue weighted by Gasteiger charge is 2.18. The van der Waals surface area contributed by atoms with Crippen LogP contribution in [0.15, 0.2) is 65.5 Å². The molecule has 1 heterocycles. The number of aromatic nitrogens is 1. The Morgan fingerprint density at radius 2 is 1.70 bits per heavy atom. The SMILES string of the molecule is O=C(Nc1ccc2c3c(c(=O)[nH]c2c1)CCC3)c1ccc2ccccc2c1. The largest absolute Gasteiger partial charge is 0.322 e. The number of nitrogens with one attached hydrogen (secondary N) is 2. The number of H-pyrrole nitrogens is 1. The van der Waals surface area contributed by atoms with Gasteiger partial charge in [-0.2, -0.15) is 0 Å². The minimum atomic E-state index is -0.163. The molecular weight excluding hydrogens is 336 g/mol. The molecule has 0 radical (unpaired) electrons. The summed E-state index contributed by atoms with van der Waals surface area (Å²) in [5.74, 6) is -0.163. The average molecular weight is 354 g/mol. The number of pyridine rings is 1. The second-order valence-corrected chi connectivity index (χ2v) is 7.04. The van der Waals surface area contributed by atoms with Gasteiger partial charge in [0.15, 0.2) is 0 Å². The third-order valence-electron chi connectivity index (χ3n) is 5.35. The highest BCUT2D eigenvalue weighted by molar-refractivity contribution is 6.07. The number of amides is 1. The molecule has 0 atom stereocenters. The number of aromatic amines is 1. The molecule has 2 N–H and O–H groups in total. The first kappa shape index (κ1) is 15.8. The van der Waals surface area contributed by atoms with E-state index in [0.717, 1.165) is 52.1 Å². The van der Waals surface area contributed by atoms with Gasteiger partial charge in [0.1, 0.15) is 0 Å². The fourth-order valence-electron chi connectivity index (χ4n) is 4.01. The van der Waals surface area contributed by atoms with Crippen LogP contribution in [0.3, 0.4) is 0 Å². The second-order valence-electron chi connectivity index (χ2n) is 7.04. The molecule has 1 amide bonds. The topological polar surface area (TPSA) is 62.0 Å². The fraction of sp³-hybridized carbons (Fsp3) is 0.130. The van der Waals surface area contributed by atoms with Gasteiger partial charge < -0.3 is 10.3 Å². The summed E-state index contributed by atoms with van der Waals surface area (Å²) >= 11 is 0. The summed E-state index contributed by atoms with van der Waals surface area (Å²) < 4.78 is 0. The normalized spacial score (nSPS) is 13.0. The van der Waals surface area contributed by atoms with E-state index >= 15 is 0 Å². The van der Waals surface area contributed by atoms with Gasteiger partial charge in [-0.15, -0.1) is 0 Å². The molecule has 1 aliphatic carbocycles. The maximum atomic E-state index is 12.7. The summed E-state index contributed by atoms with van der Waals surface area (Å²) in [7, 11) is 0. The quantitative estimate of drug-likeness (QED) is 0.560. The number of anilines is 1. The van der Waals surface area contributed by atoms with Crippen molar-refractivity contribution >= 4 is 33.3 Å². The lowest BCUT2D eigenvalue weighted by Gasteiger charge is -2.09. The summed E-state index contributed by atoms with van der Waals surface area (Å²) in [4.78, 5) is 27.9. The number of hydrogen-bond acceptors (Lipinski definition) is 2. The molecule has 27 heavy (non-hydrogen) atoms. The first-order valence-corrected chi connectivity index (χ1v) is 9.17. The first-order valence-electron chi connectivity index (χ1n) is 9.17. The van der Waals surface area contributed by atoms with Crippen LogP contribution >= 0.6 is 0 Å². The van der Waals surface area contributed by atoms with Gasteiger partial charge in [-0.1, -0.05) is 36.4 Å². The second kappa shape index (κ2) is 6.09. The molecule has 5 rings (SSSR count). The van der Waals surface area contributed by atoms with E-state index in [1.54, 1.807) is 0 Å². The number of carbonyl (C=O) groups is 1. The lowest BCUT2D eigenvalue weighted by Crippen LogP contribution is -2.14. The zero-order valence-corrected chi connectivity index (χ0v) is 14.7. The maximum absolute atomic E-state index is 12.7. The smallest absolute Gasteiger partial charge is 0.255 e. The van der Waals surface area contributed by atoms with E-state index in [4.69, 9.17) is 0 Å². The molecule has 0 saturated heterocycles. The van der Waals surface area contributed by atoms with E-state index in [-0.39, 0.29) is 11.5 Å². The van der Waals surface area contributed by atoms with Gasteiger partial charge in [0.05, 0.1) is 5.52 Å². The minimum absolute atomic E-state index is 0.00648. The fourth-order valence-corrected chi connectivity index (χ4v) is 4.01. The number of rotatable bonds is 2. The highest BCUT2D eigenvalue weighted by atomic mass is 16.1. The summed E-state index contributed by atoms with van der Waals surface area (Å²) in [6.07, 6.45) is 2.82. The Bertz CT molecular complexity index is 1270. The van der Waals surface area contributed by atoms with Gasteiger partial charge in [0, 0.05) is 22.2 Å². The number of fused-ring (bicyclic) bond motifs is 4. The molecule has 4 nitrogen and oxygen atoms in total. The molecule has 4 heteroatoms. The van der Waals surface area contributed by atoms with E-state index in [2.05, 4.69) is 10.3 Å². The van der Waals surface area contributed by atoms with Crippen LogP contribution < -0.4 is 10.9 Å². The number of carbonyl (C=O) groups excluding carboxylic acids is 1. The van der Waals surface area contributed by atoms with Crippen molar-refractivity contribution in [3.05, 3.63) is 87.7 Å². The van der Waals surface area contributed by atoms with Gasteiger partial charge in [0.2, 0.25) is 0 Å². The molecule has 3 aromatic carbocycles. The first-order chi connectivity index (χ1) is 13.2. The molecule has 0 bridgehead atoms. The van der Waals surface area contributed by atoms with Crippen molar-refractivity contribution in [1.82, 2.24) is 4.98 Å². The predicted octanol–water partition coefficient (Wildman–Crippen LogP) is 4.42. The summed E-state index contributed by atoms with van der Waals surface area (Å²) in [6.45, 7) is 0. The molecule has 1 aromatic heterocycles. The van der Waals surface area contributed by atoms with Crippen molar-refractivity contribution in [3.63, 3.8) is 0 Å². The lowest BCUT2D eigenvalue weighted by atomic mass is 10.0. The van der Waals surface area contributed by atoms with E-state index in [9.17, 15) is 9.59 Å². The van der Waals surface area contributed by atoms with E-state index in [1.807, 2.05) is 60.7 Å². The Morgan fingerprint density at radius 1 is 0.889 bits per heavy atom. The van der Waals surface area contributed by atoms with Gasteiger partial charge in [-0.05, 0) is 59.9 Å². The van der Waals surface area contributed by atoms with Gasteiger partial charge >= 0.3 is 0 Å². The lowest BCUT2D eigenvalue weighted by molar-refractivity contribution is 0.102. The molecule has 0 aliphatic heterocycles. The minimum Gasteiger partial charge on any atom is -0.322 e. The monoisotopic (exact) mass is 354 g/mol. The van der Waals surface area contributed by atoms with Crippen molar-refractivity contribution in [2.75, 3.05) is 5.32 Å². The summed E-state index contributed by atoms with van der Waals surface area (Å²) in [5, 5.41) is 6.15. The third kappa shape index (κ3) is 2.70. The molecular formula is C23H18N2O2. The number of hydrogen-bond donors (Lipinski definition) is 2. The Hall–Kier alpha value is -3.40. The Morgan fingerprint density at radius 3 is 2.59 bits per heavy atom. The Labute approximate surface area is 155 Å². The van der Waals surface area contributed by atoms with Crippen LogP contribution in [0.1, 0.15) is 27.9 Å². The van der Waals surface area contributed by atoms with E-state index in [1.165, 1.54) is 0 Å². The van der Waals surface area contributed by atoms with Crippen molar-refractivity contribution in [2.24, 2.45) is 0 Å². The molecule has 0 spiro atoms. The summed E-state index contributed by atoms with van der Waals surface area (Å²) in [6, 6.07) is 19.4. The number of benzene rings is 3. The van der Waals surface area contributed by atoms with E-state index < -0.39 is 0 Å². The third-order valence-corrected chi connectivity index (χ3v) is 5.35. The van der Waals surface area contributed by atoms with Crippen LogP contribution in [0.5, 0.6) is 0 Å². The van der Waals surface area contributed by atoms with Crippen molar-refractivity contribution < 1.29 is 4.79 Å². The van der Waals surface area contributed by atoms with Crippen LogP contribution in [-0.2, 0) is 12.8 Å². The van der Waals surface area contributed by atoms with Crippen LogP contribution in [0.4, 0.5) is 5.69 Å². The zero-order chi connectivity index (χ0) is 18.4. The van der Waals surface area contributed by atoms with E-state index in [0.29, 0.717) is 11.3 Å². The van der Waals surface area contributed by atoms with Gasteiger partial charge in [-0.25, -0.2) is 0 Å². The van der Waals surface area contributed by atoms with Crippen molar-refractivity contribution in [2.45, 2.75) is 19.3 Å². The highest BCUT2D eigenvalue weighted by Crippen LogP contribution is 2.28. The number of aryl methyl sites for hydroxylation is 1. The Balaban J connectivity index is 1.49. The molecule has 1 aliphatic rings. The van der Waals surface area contributed by atoms with Gasteiger partial charge in [0.25, 0.3) is 11.5 Å². The standard InChI is InChI=1S/C23H18N2O2/c26-22(16-9-8-14-4-1-2-5-15(14)12-16)24-17-10-11-19-18-6-3-7-20(18)23(27)25-21(19)13-17/h1-2,4-5,8-13H,3,6-7H2,(H,24,26)(H,25,27). The molecule has 0 fully saturated rings.